The first-order chi connectivity index (χ1) is 11.8. The van der Waals surface area contributed by atoms with Gasteiger partial charge < -0.3 is 10.2 Å². The smallest absolute Gasteiger partial charge is 0.418 e. The highest BCUT2D eigenvalue weighted by Gasteiger charge is 2.35. The third kappa shape index (κ3) is 3.05. The highest BCUT2D eigenvalue weighted by atomic mass is 19.4. The Hall–Kier alpha value is -2.96. The molecule has 130 valence electrons. The molecule has 2 N–H and O–H groups in total. The molecule has 1 aromatic heterocycles. The maximum atomic E-state index is 13.4. The molecule has 0 aliphatic heterocycles. The Morgan fingerprint density at radius 1 is 1.16 bits per heavy atom. The van der Waals surface area contributed by atoms with E-state index in [1.54, 1.807) is 6.08 Å². The van der Waals surface area contributed by atoms with Gasteiger partial charge in [-0.05, 0) is 24.6 Å². The third-order valence-corrected chi connectivity index (χ3v) is 3.86. The van der Waals surface area contributed by atoms with E-state index in [-0.39, 0.29) is 40.2 Å². The highest BCUT2D eigenvalue weighted by Crippen LogP contribution is 2.40. The molecule has 1 heterocycles. The van der Waals surface area contributed by atoms with E-state index < -0.39 is 11.7 Å². The second-order valence-corrected chi connectivity index (χ2v) is 5.55. The number of aromatic nitrogens is 2. The number of hydrogen-bond acceptors (Lipinski definition) is 3. The number of hydrogen-bond donors (Lipinski definition) is 2. The summed E-state index contributed by atoms with van der Waals surface area (Å²) in [5.41, 5.74) is -0.354. The van der Waals surface area contributed by atoms with Crippen molar-refractivity contribution in [3.05, 3.63) is 54.6 Å². The van der Waals surface area contributed by atoms with Gasteiger partial charge in [0.1, 0.15) is 17.2 Å². The molecular formula is C18H15F3N2O2. The van der Waals surface area contributed by atoms with Gasteiger partial charge in [0.2, 0.25) is 0 Å². The fourth-order valence-electron chi connectivity index (χ4n) is 2.76. The van der Waals surface area contributed by atoms with Crippen molar-refractivity contribution in [3.8, 4) is 22.8 Å². The second kappa shape index (κ2) is 6.16. The average Bonchev–Trinajstić information content (AvgIpc) is 2.90. The van der Waals surface area contributed by atoms with Crippen molar-refractivity contribution in [3.63, 3.8) is 0 Å². The molecule has 0 radical (unpaired) electrons. The summed E-state index contributed by atoms with van der Waals surface area (Å²) in [5.74, 6) is -0.402. The topological polar surface area (TPSA) is 58.3 Å². The van der Waals surface area contributed by atoms with Gasteiger partial charge in [-0.1, -0.05) is 18.2 Å². The van der Waals surface area contributed by atoms with E-state index >= 15 is 0 Å². The molecule has 0 spiro atoms. The Bertz CT molecular complexity index is 945. The molecule has 0 bridgehead atoms. The number of aryl methyl sites for hydroxylation is 1. The van der Waals surface area contributed by atoms with Crippen molar-refractivity contribution in [2.45, 2.75) is 19.1 Å². The van der Waals surface area contributed by atoms with Crippen LogP contribution in [0.4, 0.5) is 13.2 Å². The number of benzene rings is 2. The number of allylic oxidation sites excluding steroid dienone is 1. The molecular weight excluding hydrogens is 333 g/mol. The Morgan fingerprint density at radius 2 is 1.92 bits per heavy atom. The van der Waals surface area contributed by atoms with Gasteiger partial charge in [-0.2, -0.15) is 18.3 Å². The first-order valence-corrected chi connectivity index (χ1v) is 7.53. The van der Waals surface area contributed by atoms with Crippen LogP contribution in [0.15, 0.2) is 49.1 Å². The molecule has 0 aliphatic rings. The zero-order chi connectivity index (χ0) is 18.2. The lowest BCUT2D eigenvalue weighted by atomic mass is 10.0. The van der Waals surface area contributed by atoms with E-state index in [1.165, 1.54) is 28.9 Å². The minimum atomic E-state index is -4.53. The number of nitrogens with zero attached hydrogens (tertiary/aromatic N) is 2. The van der Waals surface area contributed by atoms with Gasteiger partial charge >= 0.3 is 6.18 Å². The van der Waals surface area contributed by atoms with E-state index in [0.29, 0.717) is 6.42 Å². The van der Waals surface area contributed by atoms with Crippen molar-refractivity contribution in [1.29, 1.82) is 0 Å². The van der Waals surface area contributed by atoms with Gasteiger partial charge in [0, 0.05) is 23.6 Å². The lowest BCUT2D eigenvalue weighted by molar-refractivity contribution is -0.136. The second-order valence-electron chi connectivity index (χ2n) is 5.55. The van der Waals surface area contributed by atoms with Crippen LogP contribution in [0.2, 0.25) is 0 Å². The monoisotopic (exact) mass is 348 g/mol. The Labute approximate surface area is 141 Å². The number of alkyl halides is 3. The van der Waals surface area contributed by atoms with Crippen LogP contribution >= 0.6 is 0 Å². The maximum absolute atomic E-state index is 13.4. The summed E-state index contributed by atoms with van der Waals surface area (Å²) in [6.07, 6.45) is -2.48. The van der Waals surface area contributed by atoms with Crippen molar-refractivity contribution in [1.82, 2.24) is 9.78 Å². The lowest BCUT2D eigenvalue weighted by Crippen LogP contribution is -2.09. The normalized spacial score (nSPS) is 11.8. The van der Waals surface area contributed by atoms with E-state index in [1.807, 2.05) is 0 Å². The molecule has 25 heavy (non-hydrogen) atoms. The van der Waals surface area contributed by atoms with Crippen LogP contribution < -0.4 is 0 Å². The van der Waals surface area contributed by atoms with Crippen molar-refractivity contribution < 1.29 is 23.4 Å². The SMILES string of the molecule is C=CCCn1nc(-c2ccc(O)cc2O)c2cccc(C(F)(F)F)c21. The van der Waals surface area contributed by atoms with Crippen LogP contribution in [0.5, 0.6) is 11.5 Å². The summed E-state index contributed by atoms with van der Waals surface area (Å²) in [5, 5.41) is 24.1. The van der Waals surface area contributed by atoms with Crippen LogP contribution in [0.1, 0.15) is 12.0 Å². The fourth-order valence-corrected chi connectivity index (χ4v) is 2.76. The van der Waals surface area contributed by atoms with E-state index in [0.717, 1.165) is 12.1 Å². The van der Waals surface area contributed by atoms with Gasteiger partial charge in [-0.25, -0.2) is 0 Å². The Kier molecular flexibility index (Phi) is 4.16. The number of aromatic hydroxyl groups is 2. The minimum absolute atomic E-state index is 0.0423. The first kappa shape index (κ1) is 16.9. The molecule has 2 aromatic carbocycles. The summed E-state index contributed by atoms with van der Waals surface area (Å²) in [6.45, 7) is 3.81. The number of phenolic OH excluding ortho intramolecular Hbond substituents is 2. The van der Waals surface area contributed by atoms with Gasteiger partial charge in [-0.3, -0.25) is 4.68 Å². The molecule has 0 saturated carbocycles. The summed E-state index contributed by atoms with van der Waals surface area (Å²) < 4.78 is 41.5. The number of para-hydroxylation sites is 1. The average molecular weight is 348 g/mol. The zero-order valence-corrected chi connectivity index (χ0v) is 13.1. The molecule has 7 heteroatoms. The van der Waals surface area contributed by atoms with E-state index in [2.05, 4.69) is 11.7 Å². The van der Waals surface area contributed by atoms with Crippen molar-refractivity contribution in [2.24, 2.45) is 0 Å². The maximum Gasteiger partial charge on any atom is 0.418 e. The number of rotatable bonds is 4. The predicted octanol–water partition coefficient (Wildman–Crippen LogP) is 4.71. The molecule has 3 rings (SSSR count). The quantitative estimate of drug-likeness (QED) is 0.672. The number of fused-ring (bicyclic) bond motifs is 1. The summed E-state index contributed by atoms with van der Waals surface area (Å²) >= 11 is 0. The zero-order valence-electron chi connectivity index (χ0n) is 13.1. The van der Waals surface area contributed by atoms with Crippen LogP contribution in [-0.4, -0.2) is 20.0 Å². The summed E-state index contributed by atoms with van der Waals surface area (Å²) in [4.78, 5) is 0. The lowest BCUT2D eigenvalue weighted by Gasteiger charge is -2.10. The molecule has 0 unspecified atom stereocenters. The van der Waals surface area contributed by atoms with Crippen LogP contribution in [0, 0.1) is 0 Å². The summed E-state index contributed by atoms with van der Waals surface area (Å²) in [6, 6.07) is 7.74. The molecule has 0 fully saturated rings. The molecule has 0 saturated heterocycles. The Balaban J connectivity index is 2.32. The highest BCUT2D eigenvalue weighted by molar-refractivity contribution is 5.96. The van der Waals surface area contributed by atoms with Gasteiger partial charge in [0.15, 0.2) is 0 Å². The number of halogens is 3. The van der Waals surface area contributed by atoms with Gasteiger partial charge in [0.05, 0.1) is 11.1 Å². The fraction of sp³-hybridized carbons (Fsp3) is 0.167. The largest absolute Gasteiger partial charge is 0.508 e. The van der Waals surface area contributed by atoms with Crippen LogP contribution in [0.3, 0.4) is 0 Å². The van der Waals surface area contributed by atoms with Crippen LogP contribution in [0.25, 0.3) is 22.2 Å². The van der Waals surface area contributed by atoms with E-state index in [9.17, 15) is 23.4 Å². The molecule has 3 aromatic rings. The standard InChI is InChI=1S/C18H15F3N2O2/c1-2-3-9-23-17-13(5-4-6-14(17)18(19,20)21)16(22-23)12-8-7-11(24)10-15(12)25/h2,4-8,10,24-25H,1,3,9H2. The predicted molar refractivity (Wildman–Crippen MR) is 88.3 cm³/mol. The summed E-state index contributed by atoms with van der Waals surface area (Å²) in [7, 11) is 0. The molecule has 0 atom stereocenters. The minimum Gasteiger partial charge on any atom is -0.508 e. The van der Waals surface area contributed by atoms with Crippen molar-refractivity contribution in [2.75, 3.05) is 0 Å². The van der Waals surface area contributed by atoms with Crippen molar-refractivity contribution >= 4 is 10.9 Å². The third-order valence-electron chi connectivity index (χ3n) is 3.86. The van der Waals surface area contributed by atoms with Crippen LogP contribution in [-0.2, 0) is 12.7 Å². The molecule has 0 amide bonds. The molecule has 0 aliphatic carbocycles. The van der Waals surface area contributed by atoms with E-state index in [4.69, 9.17) is 0 Å². The number of phenols is 2. The van der Waals surface area contributed by atoms with Gasteiger partial charge in [0.25, 0.3) is 0 Å². The molecule has 4 nitrogen and oxygen atoms in total. The first-order valence-electron chi connectivity index (χ1n) is 7.53. The Morgan fingerprint density at radius 3 is 2.56 bits per heavy atom. The van der Waals surface area contributed by atoms with Gasteiger partial charge in [-0.15, -0.1) is 6.58 Å².